The molecule has 1 aliphatic heterocycles. The third-order valence-corrected chi connectivity index (χ3v) is 6.93. The number of nitrogens with zero attached hydrogens (tertiary/aromatic N) is 3. The number of ether oxygens (including phenoxy) is 1. The van der Waals surface area contributed by atoms with E-state index in [0.29, 0.717) is 36.1 Å². The molecule has 0 radical (unpaired) electrons. The van der Waals surface area contributed by atoms with Crippen molar-refractivity contribution in [3.8, 4) is 16.3 Å². The Morgan fingerprint density at radius 3 is 2.73 bits per heavy atom. The monoisotopic (exact) mass is 464 g/mol. The molecule has 3 aromatic rings. The van der Waals surface area contributed by atoms with E-state index >= 15 is 0 Å². The van der Waals surface area contributed by atoms with E-state index in [0.717, 1.165) is 34.7 Å². The minimum atomic E-state index is -0.261. The maximum atomic E-state index is 13.3. The standard InChI is InChI=1S/C25H28N4O3S/c1-4-32-20-11-9-18(10-12-20)24-27-17(3)21(33-24)25(31)29-14-6-8-19(15-29)23(30)28-22-16(2)7-5-13-26-22/h5,7,9-13,19H,4,6,8,14-15H2,1-3H3,(H,26,28,30). The highest BCUT2D eigenvalue weighted by molar-refractivity contribution is 7.17. The second-order valence-corrected chi connectivity index (χ2v) is 9.14. The van der Waals surface area contributed by atoms with Gasteiger partial charge in [-0.05, 0) is 69.5 Å². The zero-order valence-electron chi connectivity index (χ0n) is 19.1. The molecule has 1 aliphatic rings. The van der Waals surface area contributed by atoms with Crippen LogP contribution in [0.4, 0.5) is 5.82 Å². The molecule has 2 amide bonds. The summed E-state index contributed by atoms with van der Waals surface area (Å²) in [6.45, 7) is 7.37. The first-order valence-corrected chi connectivity index (χ1v) is 12.0. The van der Waals surface area contributed by atoms with Gasteiger partial charge in [0.1, 0.15) is 21.5 Å². The van der Waals surface area contributed by atoms with Crippen molar-refractivity contribution in [3.63, 3.8) is 0 Å². The highest BCUT2D eigenvalue weighted by Crippen LogP contribution is 2.31. The SMILES string of the molecule is CCOc1ccc(-c2nc(C)c(C(=O)N3CCCC(C(=O)Nc4ncccc4C)C3)s2)cc1. The van der Waals surface area contributed by atoms with Crippen molar-refractivity contribution in [1.82, 2.24) is 14.9 Å². The molecule has 0 spiro atoms. The molecular weight excluding hydrogens is 436 g/mol. The van der Waals surface area contributed by atoms with E-state index in [1.165, 1.54) is 11.3 Å². The Labute approximate surface area is 197 Å². The molecule has 8 heteroatoms. The Bertz CT molecular complexity index is 1140. The van der Waals surface area contributed by atoms with Crippen molar-refractivity contribution in [2.75, 3.05) is 25.0 Å². The van der Waals surface area contributed by atoms with Gasteiger partial charge in [0, 0.05) is 24.8 Å². The van der Waals surface area contributed by atoms with Gasteiger partial charge in [0.25, 0.3) is 5.91 Å². The number of nitrogens with one attached hydrogen (secondary N) is 1. The minimum Gasteiger partial charge on any atom is -0.494 e. The molecule has 3 heterocycles. The molecule has 2 aromatic heterocycles. The number of amides is 2. The van der Waals surface area contributed by atoms with Crippen LogP contribution in [0.15, 0.2) is 42.6 Å². The number of rotatable bonds is 6. The number of benzene rings is 1. The smallest absolute Gasteiger partial charge is 0.265 e. The summed E-state index contributed by atoms with van der Waals surface area (Å²) in [7, 11) is 0. The number of aryl methyl sites for hydroxylation is 2. The predicted octanol–water partition coefficient (Wildman–Crippen LogP) is 4.71. The topological polar surface area (TPSA) is 84.4 Å². The Balaban J connectivity index is 1.45. The van der Waals surface area contributed by atoms with Gasteiger partial charge in [-0.25, -0.2) is 9.97 Å². The fourth-order valence-corrected chi connectivity index (χ4v) is 4.97. The number of carbonyl (C=O) groups excluding carboxylic acids is 2. The van der Waals surface area contributed by atoms with Crippen LogP contribution in [0.1, 0.15) is 40.7 Å². The fraction of sp³-hybridized carbons (Fsp3) is 0.360. The maximum Gasteiger partial charge on any atom is 0.265 e. The number of likely N-dealkylation sites (tertiary alicyclic amines) is 1. The van der Waals surface area contributed by atoms with E-state index in [4.69, 9.17) is 4.74 Å². The third kappa shape index (κ3) is 5.22. The quantitative estimate of drug-likeness (QED) is 0.571. The molecule has 1 atom stereocenters. The number of piperidine rings is 1. The molecular formula is C25H28N4O3S. The van der Waals surface area contributed by atoms with Crippen LogP contribution < -0.4 is 10.1 Å². The summed E-state index contributed by atoms with van der Waals surface area (Å²) >= 11 is 1.39. The van der Waals surface area contributed by atoms with Crippen LogP contribution in [0.5, 0.6) is 5.75 Å². The second kappa shape index (κ2) is 10.1. The van der Waals surface area contributed by atoms with Gasteiger partial charge in [0.15, 0.2) is 0 Å². The largest absolute Gasteiger partial charge is 0.494 e. The van der Waals surface area contributed by atoms with Gasteiger partial charge < -0.3 is 15.0 Å². The second-order valence-electron chi connectivity index (χ2n) is 8.14. The van der Waals surface area contributed by atoms with Crippen LogP contribution in [0.2, 0.25) is 0 Å². The molecule has 1 fully saturated rings. The van der Waals surface area contributed by atoms with E-state index < -0.39 is 0 Å². The number of carbonyl (C=O) groups is 2. The van der Waals surface area contributed by atoms with E-state index in [9.17, 15) is 9.59 Å². The molecule has 1 aromatic carbocycles. The molecule has 0 bridgehead atoms. The summed E-state index contributed by atoms with van der Waals surface area (Å²) in [5.41, 5.74) is 2.58. The molecule has 0 aliphatic carbocycles. The van der Waals surface area contributed by atoms with Gasteiger partial charge in [-0.3, -0.25) is 9.59 Å². The van der Waals surface area contributed by atoms with Crippen LogP contribution in [0.3, 0.4) is 0 Å². The van der Waals surface area contributed by atoms with Crippen LogP contribution in [0.25, 0.3) is 10.6 Å². The van der Waals surface area contributed by atoms with Gasteiger partial charge >= 0.3 is 0 Å². The molecule has 1 saturated heterocycles. The first-order chi connectivity index (χ1) is 16.0. The number of pyridine rings is 1. The zero-order valence-corrected chi connectivity index (χ0v) is 19.9. The lowest BCUT2D eigenvalue weighted by atomic mass is 9.97. The fourth-order valence-electron chi connectivity index (χ4n) is 3.93. The summed E-state index contributed by atoms with van der Waals surface area (Å²) in [6, 6.07) is 11.5. The summed E-state index contributed by atoms with van der Waals surface area (Å²) in [5, 5.41) is 3.72. The van der Waals surface area contributed by atoms with Gasteiger partial charge in [-0.2, -0.15) is 0 Å². The van der Waals surface area contributed by atoms with E-state index in [1.807, 2.05) is 57.2 Å². The van der Waals surface area contributed by atoms with Crippen molar-refractivity contribution < 1.29 is 14.3 Å². The van der Waals surface area contributed by atoms with Crippen molar-refractivity contribution in [3.05, 3.63) is 58.7 Å². The Morgan fingerprint density at radius 2 is 2.00 bits per heavy atom. The van der Waals surface area contributed by atoms with Gasteiger partial charge in [0.2, 0.25) is 5.91 Å². The summed E-state index contributed by atoms with van der Waals surface area (Å²) in [4.78, 5) is 37.4. The first kappa shape index (κ1) is 22.9. The number of thiazole rings is 1. The average Bonchev–Trinajstić information content (AvgIpc) is 3.22. The van der Waals surface area contributed by atoms with Crippen molar-refractivity contribution in [2.24, 2.45) is 5.92 Å². The lowest BCUT2D eigenvalue weighted by Gasteiger charge is -2.31. The number of aromatic nitrogens is 2. The van der Waals surface area contributed by atoms with Gasteiger partial charge in [0.05, 0.1) is 18.2 Å². The molecule has 7 nitrogen and oxygen atoms in total. The summed E-state index contributed by atoms with van der Waals surface area (Å²) in [5.74, 6) is 0.968. The normalized spacial score (nSPS) is 15.8. The van der Waals surface area contributed by atoms with Crippen LogP contribution >= 0.6 is 11.3 Å². The Hall–Kier alpha value is -3.26. The average molecular weight is 465 g/mol. The molecule has 172 valence electrons. The molecule has 1 N–H and O–H groups in total. The Kier molecular flexibility index (Phi) is 7.03. The van der Waals surface area contributed by atoms with Crippen molar-refractivity contribution in [2.45, 2.75) is 33.6 Å². The number of hydrogen-bond acceptors (Lipinski definition) is 6. The zero-order chi connectivity index (χ0) is 23.4. The first-order valence-electron chi connectivity index (χ1n) is 11.2. The van der Waals surface area contributed by atoms with Crippen LogP contribution in [-0.4, -0.2) is 46.4 Å². The number of hydrogen-bond donors (Lipinski definition) is 1. The molecule has 4 rings (SSSR count). The lowest BCUT2D eigenvalue weighted by molar-refractivity contribution is -0.121. The number of anilines is 1. The third-order valence-electron chi connectivity index (χ3n) is 5.73. The molecule has 1 unspecified atom stereocenters. The molecule has 33 heavy (non-hydrogen) atoms. The van der Waals surface area contributed by atoms with E-state index in [2.05, 4.69) is 15.3 Å². The van der Waals surface area contributed by atoms with Crippen LogP contribution in [0, 0.1) is 19.8 Å². The summed E-state index contributed by atoms with van der Waals surface area (Å²) in [6.07, 6.45) is 3.20. The Morgan fingerprint density at radius 1 is 1.21 bits per heavy atom. The van der Waals surface area contributed by atoms with Crippen molar-refractivity contribution >= 4 is 29.0 Å². The highest BCUT2D eigenvalue weighted by atomic mass is 32.1. The van der Waals surface area contributed by atoms with Gasteiger partial charge in [-0.15, -0.1) is 11.3 Å². The van der Waals surface area contributed by atoms with Gasteiger partial charge in [-0.1, -0.05) is 6.07 Å². The van der Waals surface area contributed by atoms with Crippen LogP contribution in [-0.2, 0) is 4.79 Å². The molecule has 0 saturated carbocycles. The summed E-state index contributed by atoms with van der Waals surface area (Å²) < 4.78 is 5.50. The highest BCUT2D eigenvalue weighted by Gasteiger charge is 2.31. The predicted molar refractivity (Wildman–Crippen MR) is 130 cm³/mol. The van der Waals surface area contributed by atoms with E-state index in [1.54, 1.807) is 11.1 Å². The van der Waals surface area contributed by atoms with E-state index in [-0.39, 0.29) is 17.7 Å². The maximum absolute atomic E-state index is 13.3. The van der Waals surface area contributed by atoms with Crippen molar-refractivity contribution in [1.29, 1.82) is 0 Å². The minimum absolute atomic E-state index is 0.0614. The lowest BCUT2D eigenvalue weighted by Crippen LogP contribution is -2.43.